The molecule has 0 N–H and O–H groups in total. The molecule has 2 fully saturated rings. The Kier molecular flexibility index (Phi) is 1.51. The van der Waals surface area contributed by atoms with Crippen LogP contribution in [-0.2, 0) is 4.79 Å². The highest BCUT2D eigenvalue weighted by atomic mass is 16.1. The fourth-order valence-electron chi connectivity index (χ4n) is 1.50. The van der Waals surface area contributed by atoms with Crippen LogP contribution in [-0.4, -0.2) is 5.78 Å². The van der Waals surface area contributed by atoms with E-state index >= 15 is 0 Å². The zero-order chi connectivity index (χ0) is 6.97. The summed E-state index contributed by atoms with van der Waals surface area (Å²) in [5.41, 5.74) is 0. The number of carbonyl (C=O) groups is 1. The summed E-state index contributed by atoms with van der Waals surface area (Å²) < 4.78 is 0. The summed E-state index contributed by atoms with van der Waals surface area (Å²) in [6, 6.07) is 0. The minimum absolute atomic E-state index is 0.487. The molecule has 0 aromatic rings. The predicted molar refractivity (Wildman–Crippen MR) is 39.7 cm³/mol. The van der Waals surface area contributed by atoms with E-state index in [1.165, 1.54) is 32.1 Å². The predicted octanol–water partition coefficient (Wildman–Crippen LogP) is 2.16. The van der Waals surface area contributed by atoms with Gasteiger partial charge in [-0.1, -0.05) is 6.42 Å². The molecular formula is C9H14O. The van der Waals surface area contributed by atoms with Gasteiger partial charge >= 0.3 is 0 Å². The van der Waals surface area contributed by atoms with Crippen LogP contribution in [0.15, 0.2) is 0 Å². The first-order valence-corrected chi connectivity index (χ1v) is 4.39. The molecule has 0 aliphatic heterocycles. The maximum Gasteiger partial charge on any atom is 0.136 e. The van der Waals surface area contributed by atoms with Crippen molar-refractivity contribution in [2.75, 3.05) is 0 Å². The maximum atomic E-state index is 11.3. The first-order chi connectivity index (χ1) is 4.86. The van der Waals surface area contributed by atoms with Crippen LogP contribution >= 0.6 is 0 Å². The van der Waals surface area contributed by atoms with Crippen LogP contribution in [0.25, 0.3) is 0 Å². The maximum absolute atomic E-state index is 11.3. The molecule has 0 radical (unpaired) electrons. The molecule has 56 valence electrons. The minimum atomic E-state index is 0.487. The van der Waals surface area contributed by atoms with Gasteiger partial charge in [0.2, 0.25) is 0 Å². The van der Waals surface area contributed by atoms with E-state index in [9.17, 15) is 4.79 Å². The van der Waals surface area contributed by atoms with E-state index in [0.717, 1.165) is 12.3 Å². The topological polar surface area (TPSA) is 17.1 Å². The monoisotopic (exact) mass is 138 g/mol. The second-order valence-electron chi connectivity index (χ2n) is 3.74. The van der Waals surface area contributed by atoms with Crippen LogP contribution < -0.4 is 0 Å². The molecule has 10 heavy (non-hydrogen) atoms. The normalized spacial score (nSPS) is 26.0. The largest absolute Gasteiger partial charge is 0.299 e. The van der Waals surface area contributed by atoms with Crippen molar-refractivity contribution in [1.29, 1.82) is 0 Å². The van der Waals surface area contributed by atoms with E-state index in [2.05, 4.69) is 0 Å². The van der Waals surface area contributed by atoms with Gasteiger partial charge in [-0.05, 0) is 31.6 Å². The van der Waals surface area contributed by atoms with Crippen LogP contribution in [0.3, 0.4) is 0 Å². The third-order valence-corrected chi connectivity index (χ3v) is 2.75. The average molecular weight is 138 g/mol. The Balaban J connectivity index is 1.74. The Morgan fingerprint density at radius 1 is 1.20 bits per heavy atom. The lowest BCUT2D eigenvalue weighted by Crippen LogP contribution is -2.21. The van der Waals surface area contributed by atoms with E-state index in [-0.39, 0.29) is 0 Å². The molecule has 0 atom stereocenters. The van der Waals surface area contributed by atoms with Crippen LogP contribution in [0.5, 0.6) is 0 Å². The van der Waals surface area contributed by atoms with Crippen molar-refractivity contribution in [2.24, 2.45) is 11.8 Å². The smallest absolute Gasteiger partial charge is 0.136 e. The molecule has 1 nitrogen and oxygen atoms in total. The highest BCUT2D eigenvalue weighted by molar-refractivity contribution is 5.82. The van der Waals surface area contributed by atoms with E-state index in [0.29, 0.717) is 11.7 Å². The van der Waals surface area contributed by atoms with Crippen molar-refractivity contribution in [3.8, 4) is 0 Å². The number of ketones is 1. The minimum Gasteiger partial charge on any atom is -0.299 e. The Morgan fingerprint density at radius 2 is 1.90 bits per heavy atom. The van der Waals surface area contributed by atoms with E-state index in [1.807, 2.05) is 0 Å². The first-order valence-electron chi connectivity index (χ1n) is 4.39. The lowest BCUT2D eigenvalue weighted by molar-refractivity contribution is -0.125. The third-order valence-electron chi connectivity index (χ3n) is 2.75. The van der Waals surface area contributed by atoms with Crippen LogP contribution in [0.1, 0.15) is 38.5 Å². The number of carbonyl (C=O) groups excluding carboxylic acids is 1. The summed E-state index contributed by atoms with van der Waals surface area (Å²) in [4.78, 5) is 11.3. The summed E-state index contributed by atoms with van der Waals surface area (Å²) in [7, 11) is 0. The molecule has 0 spiro atoms. The molecule has 0 bridgehead atoms. The Hall–Kier alpha value is -0.330. The van der Waals surface area contributed by atoms with Gasteiger partial charge in [0.25, 0.3) is 0 Å². The molecule has 2 rings (SSSR count). The summed E-state index contributed by atoms with van der Waals surface area (Å²) in [6.45, 7) is 0. The molecule has 0 unspecified atom stereocenters. The summed E-state index contributed by atoms with van der Waals surface area (Å²) >= 11 is 0. The standard InChI is InChI=1S/C9H14O/c10-9(6-7-4-5-7)8-2-1-3-8/h7-8H,1-6H2. The van der Waals surface area contributed by atoms with Gasteiger partial charge in [-0.25, -0.2) is 0 Å². The first kappa shape index (κ1) is 6.38. The fraction of sp³-hybridized carbons (Fsp3) is 0.889. The zero-order valence-corrected chi connectivity index (χ0v) is 6.31. The van der Waals surface area contributed by atoms with Gasteiger partial charge in [-0.2, -0.15) is 0 Å². The summed E-state index contributed by atoms with van der Waals surface area (Å²) in [5, 5.41) is 0. The number of hydrogen-bond donors (Lipinski definition) is 0. The molecule has 0 amide bonds. The molecule has 2 saturated carbocycles. The average Bonchev–Trinajstić information content (AvgIpc) is 2.43. The second-order valence-corrected chi connectivity index (χ2v) is 3.74. The Labute approximate surface area is 61.8 Å². The second kappa shape index (κ2) is 2.37. The zero-order valence-electron chi connectivity index (χ0n) is 6.31. The number of Topliss-reactive ketones (excluding diaryl/α,β-unsaturated/α-hetero) is 1. The van der Waals surface area contributed by atoms with Crippen molar-refractivity contribution in [3.05, 3.63) is 0 Å². The highest BCUT2D eigenvalue weighted by Gasteiger charge is 2.30. The van der Waals surface area contributed by atoms with E-state index < -0.39 is 0 Å². The molecular weight excluding hydrogens is 124 g/mol. The summed E-state index contributed by atoms with van der Waals surface area (Å²) in [5.74, 6) is 1.85. The Morgan fingerprint density at radius 3 is 2.30 bits per heavy atom. The fourth-order valence-corrected chi connectivity index (χ4v) is 1.50. The summed E-state index contributed by atoms with van der Waals surface area (Å²) in [6.07, 6.45) is 7.21. The van der Waals surface area contributed by atoms with Crippen molar-refractivity contribution in [1.82, 2.24) is 0 Å². The van der Waals surface area contributed by atoms with Crippen LogP contribution in [0.2, 0.25) is 0 Å². The Bertz CT molecular complexity index is 143. The lowest BCUT2D eigenvalue weighted by Gasteiger charge is -2.23. The SMILES string of the molecule is O=C(CC1CC1)C1CCC1. The number of hydrogen-bond acceptors (Lipinski definition) is 1. The molecule has 1 heteroatoms. The van der Waals surface area contributed by atoms with Gasteiger partial charge < -0.3 is 0 Å². The van der Waals surface area contributed by atoms with Crippen LogP contribution in [0, 0.1) is 11.8 Å². The molecule has 0 aromatic heterocycles. The van der Waals surface area contributed by atoms with Gasteiger partial charge in [0.05, 0.1) is 0 Å². The van der Waals surface area contributed by atoms with Crippen molar-refractivity contribution in [3.63, 3.8) is 0 Å². The third kappa shape index (κ3) is 1.23. The number of rotatable bonds is 3. The van der Waals surface area contributed by atoms with Crippen molar-refractivity contribution in [2.45, 2.75) is 38.5 Å². The molecule has 0 heterocycles. The van der Waals surface area contributed by atoms with E-state index in [4.69, 9.17) is 0 Å². The van der Waals surface area contributed by atoms with Gasteiger partial charge in [-0.15, -0.1) is 0 Å². The molecule has 0 aromatic carbocycles. The molecule has 0 saturated heterocycles. The van der Waals surface area contributed by atoms with Gasteiger partial charge in [0.1, 0.15) is 5.78 Å². The molecule has 2 aliphatic carbocycles. The van der Waals surface area contributed by atoms with Gasteiger partial charge in [-0.3, -0.25) is 4.79 Å². The lowest BCUT2D eigenvalue weighted by atomic mass is 9.80. The highest BCUT2D eigenvalue weighted by Crippen LogP contribution is 2.36. The van der Waals surface area contributed by atoms with Gasteiger partial charge in [0.15, 0.2) is 0 Å². The van der Waals surface area contributed by atoms with E-state index in [1.54, 1.807) is 0 Å². The van der Waals surface area contributed by atoms with Crippen molar-refractivity contribution >= 4 is 5.78 Å². The van der Waals surface area contributed by atoms with Crippen molar-refractivity contribution < 1.29 is 4.79 Å². The molecule has 2 aliphatic rings. The van der Waals surface area contributed by atoms with Crippen LogP contribution in [0.4, 0.5) is 0 Å². The quantitative estimate of drug-likeness (QED) is 0.584. The van der Waals surface area contributed by atoms with Gasteiger partial charge in [0, 0.05) is 12.3 Å².